The first-order chi connectivity index (χ1) is 7.54. The molecule has 0 aliphatic rings. The molecule has 7 nitrogen and oxygen atoms in total. The van der Waals surface area contributed by atoms with Crippen LogP contribution in [0.25, 0.3) is 0 Å². The fourth-order valence-electron chi connectivity index (χ4n) is 1.11. The molecule has 0 radical (unpaired) electrons. The molecule has 0 fully saturated rings. The van der Waals surface area contributed by atoms with Crippen molar-refractivity contribution in [2.24, 2.45) is 0 Å². The van der Waals surface area contributed by atoms with Gasteiger partial charge in [0.25, 0.3) is 5.56 Å². The van der Waals surface area contributed by atoms with E-state index < -0.39 is 11.2 Å². The molecule has 2 N–H and O–H groups in total. The second-order valence-electron chi connectivity index (χ2n) is 3.09. The van der Waals surface area contributed by atoms with E-state index in [1.165, 1.54) is 13.1 Å². The van der Waals surface area contributed by atoms with E-state index in [1.54, 1.807) is 6.07 Å². The predicted octanol–water partition coefficient (Wildman–Crippen LogP) is -1.46. The van der Waals surface area contributed by atoms with Crippen LogP contribution < -0.4 is 16.6 Å². The molecule has 0 aromatic carbocycles. The minimum Gasteiger partial charge on any atom is -0.355 e. The molecule has 7 heteroatoms. The van der Waals surface area contributed by atoms with Crippen molar-refractivity contribution in [1.29, 1.82) is 5.26 Å². The van der Waals surface area contributed by atoms with Gasteiger partial charge in [0.1, 0.15) is 11.6 Å². The van der Waals surface area contributed by atoms with Crippen molar-refractivity contribution in [3.05, 3.63) is 32.6 Å². The van der Waals surface area contributed by atoms with Gasteiger partial charge in [-0.25, -0.2) is 4.79 Å². The van der Waals surface area contributed by atoms with E-state index in [9.17, 15) is 14.4 Å². The Morgan fingerprint density at radius 1 is 1.62 bits per heavy atom. The summed E-state index contributed by atoms with van der Waals surface area (Å²) in [5, 5.41) is 11.1. The highest BCUT2D eigenvalue weighted by Gasteiger charge is 2.03. The lowest BCUT2D eigenvalue weighted by atomic mass is 10.4. The molecule has 0 aliphatic carbocycles. The molecular weight excluding hydrogens is 212 g/mol. The lowest BCUT2D eigenvalue weighted by molar-refractivity contribution is -0.118. The number of aromatic amines is 1. The van der Waals surface area contributed by atoms with E-state index in [1.807, 2.05) is 4.98 Å². The van der Waals surface area contributed by atoms with Crippen molar-refractivity contribution in [3.8, 4) is 6.07 Å². The Labute approximate surface area is 90.3 Å². The molecule has 0 spiro atoms. The molecule has 1 amide bonds. The normalized spacial score (nSPS) is 9.50. The molecule has 84 valence electrons. The average molecular weight is 222 g/mol. The van der Waals surface area contributed by atoms with Crippen LogP contribution in [0.5, 0.6) is 0 Å². The Bertz CT molecular complexity index is 549. The number of nitrogens with one attached hydrogen (secondary N) is 2. The van der Waals surface area contributed by atoms with Crippen LogP contribution in [0, 0.1) is 11.3 Å². The number of rotatable bonds is 3. The Morgan fingerprint density at radius 3 is 2.88 bits per heavy atom. The third kappa shape index (κ3) is 2.81. The van der Waals surface area contributed by atoms with Gasteiger partial charge in [0, 0.05) is 26.2 Å². The summed E-state index contributed by atoms with van der Waals surface area (Å²) < 4.78 is 1.16. The van der Waals surface area contributed by atoms with Gasteiger partial charge in [-0.15, -0.1) is 0 Å². The summed E-state index contributed by atoms with van der Waals surface area (Å²) in [7, 11) is 0. The summed E-state index contributed by atoms with van der Waals surface area (Å²) in [4.78, 5) is 34.9. The molecule has 16 heavy (non-hydrogen) atoms. The Hall–Kier alpha value is -2.36. The van der Waals surface area contributed by atoms with Crippen LogP contribution in [0.2, 0.25) is 0 Å². The molecule has 0 unspecified atom stereocenters. The maximum absolute atomic E-state index is 11.3. The van der Waals surface area contributed by atoms with Gasteiger partial charge in [-0.05, 0) is 0 Å². The zero-order valence-corrected chi connectivity index (χ0v) is 8.61. The lowest BCUT2D eigenvalue weighted by Crippen LogP contribution is -2.34. The summed E-state index contributed by atoms with van der Waals surface area (Å²) in [6.07, 6.45) is 1.17. The van der Waals surface area contributed by atoms with Gasteiger partial charge in [-0.1, -0.05) is 0 Å². The summed E-state index contributed by atoms with van der Waals surface area (Å²) in [5.74, 6) is -0.210. The highest BCUT2D eigenvalue weighted by molar-refractivity contribution is 5.72. The number of H-pyrrole nitrogens is 1. The fraction of sp³-hybridized carbons (Fsp3) is 0.333. The Morgan fingerprint density at radius 2 is 2.31 bits per heavy atom. The molecule has 1 rings (SSSR count). The Kier molecular flexibility index (Phi) is 3.61. The summed E-state index contributed by atoms with van der Waals surface area (Å²) in [5.41, 5.74) is -1.44. The number of hydrogen-bond donors (Lipinski definition) is 2. The summed E-state index contributed by atoms with van der Waals surface area (Å²) >= 11 is 0. The van der Waals surface area contributed by atoms with Gasteiger partial charge in [0.2, 0.25) is 5.91 Å². The first kappa shape index (κ1) is 11.7. The second-order valence-corrected chi connectivity index (χ2v) is 3.09. The van der Waals surface area contributed by atoms with Crippen LogP contribution in [0.3, 0.4) is 0 Å². The molecule has 1 heterocycles. The van der Waals surface area contributed by atoms with E-state index in [-0.39, 0.29) is 24.6 Å². The standard InChI is InChI=1S/C9H10N4O3/c1-6(14)11-2-3-13-5-7(4-10)8(15)12-9(13)16/h5H,2-3H2,1H3,(H,11,14)(H,12,15,16). The van der Waals surface area contributed by atoms with Crippen LogP contribution >= 0.6 is 0 Å². The van der Waals surface area contributed by atoms with Gasteiger partial charge in [0.05, 0.1) is 0 Å². The van der Waals surface area contributed by atoms with Gasteiger partial charge < -0.3 is 5.32 Å². The smallest absolute Gasteiger partial charge is 0.328 e. The molecule has 0 atom stereocenters. The summed E-state index contributed by atoms with van der Waals surface area (Å²) in [6, 6.07) is 1.67. The van der Waals surface area contributed by atoms with Crippen molar-refractivity contribution in [2.75, 3.05) is 6.54 Å². The maximum Gasteiger partial charge on any atom is 0.328 e. The highest BCUT2D eigenvalue weighted by atomic mass is 16.2. The number of carbonyl (C=O) groups is 1. The van der Waals surface area contributed by atoms with Crippen LogP contribution in [0.4, 0.5) is 0 Å². The third-order valence-electron chi connectivity index (χ3n) is 1.86. The maximum atomic E-state index is 11.3. The monoisotopic (exact) mass is 222 g/mol. The molecule has 1 aromatic rings. The molecule has 0 aliphatic heterocycles. The number of nitrogens with zero attached hydrogens (tertiary/aromatic N) is 2. The van der Waals surface area contributed by atoms with Crippen molar-refractivity contribution < 1.29 is 4.79 Å². The quantitative estimate of drug-likeness (QED) is 0.651. The SMILES string of the molecule is CC(=O)NCCn1cc(C#N)c(=O)[nH]c1=O. The van der Waals surface area contributed by atoms with E-state index >= 15 is 0 Å². The second kappa shape index (κ2) is 4.93. The van der Waals surface area contributed by atoms with E-state index in [2.05, 4.69) is 5.32 Å². The van der Waals surface area contributed by atoms with Gasteiger partial charge >= 0.3 is 5.69 Å². The number of hydrogen-bond acceptors (Lipinski definition) is 4. The number of amides is 1. The first-order valence-electron chi connectivity index (χ1n) is 4.53. The average Bonchev–Trinajstić information content (AvgIpc) is 2.20. The van der Waals surface area contributed by atoms with Crippen molar-refractivity contribution >= 4 is 5.91 Å². The third-order valence-corrected chi connectivity index (χ3v) is 1.86. The topological polar surface area (TPSA) is 108 Å². The minimum atomic E-state index is -0.705. The fourth-order valence-corrected chi connectivity index (χ4v) is 1.11. The lowest BCUT2D eigenvalue weighted by Gasteiger charge is -2.05. The molecule has 0 saturated heterocycles. The van der Waals surface area contributed by atoms with Crippen molar-refractivity contribution in [3.63, 3.8) is 0 Å². The molecule has 1 aromatic heterocycles. The van der Waals surface area contributed by atoms with Gasteiger partial charge in [-0.2, -0.15) is 5.26 Å². The van der Waals surface area contributed by atoms with Crippen molar-refractivity contribution in [2.45, 2.75) is 13.5 Å². The first-order valence-corrected chi connectivity index (χ1v) is 4.53. The van der Waals surface area contributed by atoms with Crippen molar-refractivity contribution in [1.82, 2.24) is 14.9 Å². The number of nitriles is 1. The predicted molar refractivity (Wildman–Crippen MR) is 54.7 cm³/mol. The minimum absolute atomic E-state index is 0.137. The van der Waals surface area contributed by atoms with E-state index in [0.717, 1.165) is 4.57 Å². The molecular formula is C9H10N4O3. The molecule has 0 saturated carbocycles. The van der Waals surface area contributed by atoms with E-state index in [4.69, 9.17) is 5.26 Å². The van der Waals surface area contributed by atoms with Crippen LogP contribution in [-0.4, -0.2) is 22.0 Å². The largest absolute Gasteiger partial charge is 0.355 e. The highest BCUT2D eigenvalue weighted by Crippen LogP contribution is 1.84. The number of aromatic nitrogens is 2. The van der Waals surface area contributed by atoms with Crippen LogP contribution in [0.1, 0.15) is 12.5 Å². The van der Waals surface area contributed by atoms with Crippen LogP contribution in [-0.2, 0) is 11.3 Å². The molecule has 0 bridgehead atoms. The van der Waals surface area contributed by atoms with Crippen LogP contribution in [0.15, 0.2) is 15.8 Å². The summed E-state index contributed by atoms with van der Waals surface area (Å²) in [6.45, 7) is 1.81. The zero-order valence-electron chi connectivity index (χ0n) is 8.61. The van der Waals surface area contributed by atoms with E-state index in [0.29, 0.717) is 0 Å². The zero-order chi connectivity index (χ0) is 12.1. The van der Waals surface area contributed by atoms with Gasteiger partial charge in [-0.3, -0.25) is 19.1 Å². The Balaban J connectivity index is 2.89. The number of carbonyl (C=O) groups excluding carboxylic acids is 1. The van der Waals surface area contributed by atoms with Gasteiger partial charge in [0.15, 0.2) is 0 Å².